The van der Waals surface area contributed by atoms with Gasteiger partial charge in [0.1, 0.15) is 6.10 Å². The molecule has 1 aromatic heterocycles. The van der Waals surface area contributed by atoms with Crippen molar-refractivity contribution in [2.75, 3.05) is 19.7 Å². The molecule has 0 radical (unpaired) electrons. The molecule has 0 bridgehead atoms. The van der Waals surface area contributed by atoms with Crippen LogP contribution in [-0.4, -0.2) is 35.5 Å². The Morgan fingerprint density at radius 3 is 2.94 bits per heavy atom. The molecule has 4 heteroatoms. The highest BCUT2D eigenvalue weighted by atomic mass is 16.5. The first-order valence-corrected chi connectivity index (χ1v) is 6.42. The van der Waals surface area contributed by atoms with E-state index in [2.05, 4.69) is 4.98 Å². The van der Waals surface area contributed by atoms with E-state index in [-0.39, 0.29) is 17.9 Å². The van der Waals surface area contributed by atoms with Crippen molar-refractivity contribution in [2.45, 2.75) is 26.9 Å². The van der Waals surface area contributed by atoms with E-state index < -0.39 is 0 Å². The Hall–Kier alpha value is -1.42. The topological polar surface area (TPSA) is 42.4 Å². The highest BCUT2D eigenvalue weighted by Gasteiger charge is 2.27. The fourth-order valence-corrected chi connectivity index (χ4v) is 2.14. The summed E-state index contributed by atoms with van der Waals surface area (Å²) in [5.41, 5.74) is 1.89. The van der Waals surface area contributed by atoms with E-state index in [9.17, 15) is 4.79 Å². The molecule has 1 aliphatic heterocycles. The number of carbonyl (C=O) groups is 1. The van der Waals surface area contributed by atoms with Crippen molar-refractivity contribution in [1.29, 1.82) is 0 Å². The van der Waals surface area contributed by atoms with Crippen molar-refractivity contribution in [3.63, 3.8) is 0 Å². The second-order valence-electron chi connectivity index (χ2n) is 5.00. The van der Waals surface area contributed by atoms with Gasteiger partial charge in [0.25, 0.3) is 0 Å². The minimum Gasteiger partial charge on any atom is -0.368 e. The molecule has 1 aromatic rings. The SMILES string of the molecule is Cc1cccc(C2CN(C(=O)C(C)C)CCO2)n1. The molecule has 0 aliphatic carbocycles. The minimum absolute atomic E-state index is 0.0363. The summed E-state index contributed by atoms with van der Waals surface area (Å²) >= 11 is 0. The van der Waals surface area contributed by atoms with Crippen LogP contribution in [0.5, 0.6) is 0 Å². The van der Waals surface area contributed by atoms with Gasteiger partial charge < -0.3 is 9.64 Å². The zero-order valence-electron chi connectivity index (χ0n) is 11.2. The molecule has 1 atom stereocenters. The number of ether oxygens (including phenoxy) is 1. The fraction of sp³-hybridized carbons (Fsp3) is 0.571. The standard InChI is InChI=1S/C14H20N2O2/c1-10(2)14(17)16-7-8-18-13(9-16)12-6-4-5-11(3)15-12/h4-6,10,13H,7-9H2,1-3H3. The summed E-state index contributed by atoms with van der Waals surface area (Å²) < 4.78 is 5.72. The lowest BCUT2D eigenvalue weighted by atomic mass is 10.1. The lowest BCUT2D eigenvalue weighted by molar-refractivity contribution is -0.142. The summed E-state index contributed by atoms with van der Waals surface area (Å²) in [5.74, 6) is 0.227. The van der Waals surface area contributed by atoms with Crippen molar-refractivity contribution in [3.05, 3.63) is 29.6 Å². The number of carbonyl (C=O) groups excluding carboxylic acids is 1. The second-order valence-corrected chi connectivity index (χ2v) is 5.00. The summed E-state index contributed by atoms with van der Waals surface area (Å²) in [7, 11) is 0. The summed E-state index contributed by atoms with van der Waals surface area (Å²) in [4.78, 5) is 18.3. The van der Waals surface area contributed by atoms with E-state index in [1.807, 2.05) is 43.9 Å². The quantitative estimate of drug-likeness (QED) is 0.803. The van der Waals surface area contributed by atoms with E-state index >= 15 is 0 Å². The fourth-order valence-electron chi connectivity index (χ4n) is 2.14. The molecular weight excluding hydrogens is 228 g/mol. The van der Waals surface area contributed by atoms with Gasteiger partial charge in [-0.2, -0.15) is 0 Å². The number of hydrogen-bond donors (Lipinski definition) is 0. The van der Waals surface area contributed by atoms with Gasteiger partial charge >= 0.3 is 0 Å². The van der Waals surface area contributed by atoms with Crippen LogP contribution in [0.3, 0.4) is 0 Å². The minimum atomic E-state index is -0.0960. The lowest BCUT2D eigenvalue weighted by Gasteiger charge is -2.33. The maximum atomic E-state index is 12.0. The number of hydrogen-bond acceptors (Lipinski definition) is 3. The van der Waals surface area contributed by atoms with E-state index in [4.69, 9.17) is 4.74 Å². The van der Waals surface area contributed by atoms with Crippen LogP contribution in [-0.2, 0) is 9.53 Å². The number of aryl methyl sites for hydroxylation is 1. The number of rotatable bonds is 2. The molecule has 0 saturated carbocycles. The van der Waals surface area contributed by atoms with E-state index in [1.54, 1.807) is 0 Å². The van der Waals surface area contributed by atoms with Crippen molar-refractivity contribution < 1.29 is 9.53 Å². The number of nitrogens with zero attached hydrogens (tertiary/aromatic N) is 2. The molecule has 1 saturated heterocycles. The molecular formula is C14H20N2O2. The molecule has 1 aliphatic rings. The van der Waals surface area contributed by atoms with Crippen LogP contribution in [0.1, 0.15) is 31.3 Å². The first kappa shape index (κ1) is 13.0. The molecule has 0 spiro atoms. The summed E-state index contributed by atoms with van der Waals surface area (Å²) in [6, 6.07) is 5.90. The van der Waals surface area contributed by atoms with Crippen LogP contribution >= 0.6 is 0 Å². The Morgan fingerprint density at radius 1 is 1.50 bits per heavy atom. The first-order valence-electron chi connectivity index (χ1n) is 6.42. The summed E-state index contributed by atoms with van der Waals surface area (Å²) in [5, 5.41) is 0. The number of amides is 1. The second kappa shape index (κ2) is 5.48. The van der Waals surface area contributed by atoms with Gasteiger partial charge in [-0.25, -0.2) is 0 Å². The molecule has 98 valence electrons. The average Bonchev–Trinajstić information content (AvgIpc) is 2.38. The molecule has 2 rings (SSSR count). The van der Waals surface area contributed by atoms with E-state index in [1.165, 1.54) is 0 Å². The van der Waals surface area contributed by atoms with Crippen molar-refractivity contribution in [3.8, 4) is 0 Å². The average molecular weight is 248 g/mol. The Morgan fingerprint density at radius 2 is 2.28 bits per heavy atom. The van der Waals surface area contributed by atoms with Gasteiger partial charge in [-0.3, -0.25) is 9.78 Å². The Kier molecular flexibility index (Phi) is 3.97. The molecule has 0 aromatic carbocycles. The molecule has 1 amide bonds. The van der Waals surface area contributed by atoms with E-state index in [0.29, 0.717) is 19.7 Å². The van der Waals surface area contributed by atoms with Crippen LogP contribution in [0.25, 0.3) is 0 Å². The molecule has 18 heavy (non-hydrogen) atoms. The molecule has 2 heterocycles. The van der Waals surface area contributed by atoms with E-state index in [0.717, 1.165) is 11.4 Å². The molecule has 1 unspecified atom stereocenters. The Balaban J connectivity index is 2.09. The normalized spacial score (nSPS) is 20.2. The van der Waals surface area contributed by atoms with Gasteiger partial charge in [-0.05, 0) is 19.1 Å². The van der Waals surface area contributed by atoms with Crippen LogP contribution in [0, 0.1) is 12.8 Å². The van der Waals surface area contributed by atoms with Gasteiger partial charge in [-0.15, -0.1) is 0 Å². The van der Waals surface area contributed by atoms with Gasteiger partial charge in [0.05, 0.1) is 18.8 Å². The zero-order chi connectivity index (χ0) is 13.1. The smallest absolute Gasteiger partial charge is 0.225 e. The van der Waals surface area contributed by atoms with Crippen molar-refractivity contribution >= 4 is 5.91 Å². The predicted octanol–water partition coefficient (Wildman–Crippen LogP) is 1.95. The summed E-state index contributed by atoms with van der Waals surface area (Å²) in [6.45, 7) is 7.68. The first-order chi connectivity index (χ1) is 8.58. The van der Waals surface area contributed by atoms with Crippen LogP contribution in [0.15, 0.2) is 18.2 Å². The van der Waals surface area contributed by atoms with Crippen molar-refractivity contribution in [2.24, 2.45) is 5.92 Å². The number of aromatic nitrogens is 1. The number of morpholine rings is 1. The highest BCUT2D eigenvalue weighted by Crippen LogP contribution is 2.21. The summed E-state index contributed by atoms with van der Waals surface area (Å²) in [6.07, 6.45) is -0.0960. The largest absolute Gasteiger partial charge is 0.368 e. The van der Waals surface area contributed by atoms with Gasteiger partial charge in [-0.1, -0.05) is 19.9 Å². The maximum Gasteiger partial charge on any atom is 0.225 e. The third-order valence-corrected chi connectivity index (χ3v) is 3.11. The lowest BCUT2D eigenvalue weighted by Crippen LogP contribution is -2.44. The Labute approximate surface area is 108 Å². The zero-order valence-corrected chi connectivity index (χ0v) is 11.2. The van der Waals surface area contributed by atoms with Gasteiger partial charge in [0, 0.05) is 18.2 Å². The monoisotopic (exact) mass is 248 g/mol. The van der Waals surface area contributed by atoms with Gasteiger partial charge in [0.15, 0.2) is 0 Å². The van der Waals surface area contributed by atoms with Gasteiger partial charge in [0.2, 0.25) is 5.91 Å². The number of pyridine rings is 1. The van der Waals surface area contributed by atoms with Crippen LogP contribution < -0.4 is 0 Å². The maximum absolute atomic E-state index is 12.0. The molecule has 1 fully saturated rings. The van der Waals surface area contributed by atoms with Crippen LogP contribution in [0.4, 0.5) is 0 Å². The Bertz CT molecular complexity index is 432. The third kappa shape index (κ3) is 2.88. The molecule has 4 nitrogen and oxygen atoms in total. The van der Waals surface area contributed by atoms with Crippen molar-refractivity contribution in [1.82, 2.24) is 9.88 Å². The van der Waals surface area contributed by atoms with Crippen LogP contribution in [0.2, 0.25) is 0 Å². The molecule has 0 N–H and O–H groups in total. The highest BCUT2D eigenvalue weighted by molar-refractivity contribution is 5.78. The predicted molar refractivity (Wildman–Crippen MR) is 69.1 cm³/mol. The third-order valence-electron chi connectivity index (χ3n) is 3.11.